The average Bonchev–Trinajstić information content (AvgIpc) is 2.58. The summed E-state index contributed by atoms with van der Waals surface area (Å²) in [6, 6.07) is 15.0. The maximum absolute atomic E-state index is 5.63. The molecule has 3 rings (SSSR count). The van der Waals surface area contributed by atoms with E-state index in [9.17, 15) is 0 Å². The molecule has 124 valence electrons. The first-order chi connectivity index (χ1) is 11.5. The smallest absolute Gasteiger partial charge is 0.0333 e. The second kappa shape index (κ2) is 8.00. The summed E-state index contributed by atoms with van der Waals surface area (Å²) in [6.07, 6.45) is 2.02. The molecule has 0 saturated heterocycles. The van der Waals surface area contributed by atoms with Gasteiger partial charge in [0.25, 0.3) is 0 Å². The molecule has 0 amide bonds. The standard InChI is InChI=1S/C19H15Br4N/c20-12-4-6-17(21)15(9-12)16-10-18(22)14-8-11(2-1-7-24)3-5-13(14)19(16)23/h3-6,8-10H,1-2,7,24H2. The van der Waals surface area contributed by atoms with E-state index in [1.807, 2.05) is 6.07 Å². The topological polar surface area (TPSA) is 26.0 Å². The molecule has 2 N–H and O–H groups in total. The van der Waals surface area contributed by atoms with Crippen molar-refractivity contribution in [2.75, 3.05) is 6.54 Å². The lowest BCUT2D eigenvalue weighted by molar-refractivity contribution is 0.833. The number of nitrogens with two attached hydrogens (primary N) is 1. The third-order valence-corrected chi connectivity index (χ3v) is 6.67. The van der Waals surface area contributed by atoms with Crippen LogP contribution in [0.4, 0.5) is 0 Å². The Morgan fingerprint density at radius 2 is 1.54 bits per heavy atom. The van der Waals surface area contributed by atoms with E-state index in [0.717, 1.165) is 48.4 Å². The van der Waals surface area contributed by atoms with Gasteiger partial charge in [0.1, 0.15) is 0 Å². The normalized spacial score (nSPS) is 11.2. The van der Waals surface area contributed by atoms with Crippen LogP contribution in [0.25, 0.3) is 21.9 Å². The first-order valence-corrected chi connectivity index (χ1v) is 10.7. The van der Waals surface area contributed by atoms with Crippen molar-refractivity contribution in [1.82, 2.24) is 0 Å². The number of fused-ring (bicyclic) bond motifs is 1. The average molecular weight is 577 g/mol. The first kappa shape index (κ1) is 18.6. The zero-order valence-corrected chi connectivity index (χ0v) is 19.1. The lowest BCUT2D eigenvalue weighted by Gasteiger charge is -2.13. The lowest BCUT2D eigenvalue weighted by Crippen LogP contribution is -2.00. The molecular formula is C19H15Br4N. The van der Waals surface area contributed by atoms with E-state index in [2.05, 4.69) is 100 Å². The van der Waals surface area contributed by atoms with Gasteiger partial charge in [0.2, 0.25) is 0 Å². The molecule has 0 aromatic heterocycles. The number of hydrogen-bond donors (Lipinski definition) is 1. The van der Waals surface area contributed by atoms with Gasteiger partial charge in [-0.25, -0.2) is 0 Å². The molecule has 24 heavy (non-hydrogen) atoms. The summed E-state index contributed by atoms with van der Waals surface area (Å²) in [6.45, 7) is 0.721. The summed E-state index contributed by atoms with van der Waals surface area (Å²) in [7, 11) is 0. The van der Waals surface area contributed by atoms with Gasteiger partial charge in [0.15, 0.2) is 0 Å². The molecule has 0 aliphatic heterocycles. The first-order valence-electron chi connectivity index (χ1n) is 7.57. The lowest BCUT2D eigenvalue weighted by atomic mass is 9.99. The highest BCUT2D eigenvalue weighted by Gasteiger charge is 2.14. The van der Waals surface area contributed by atoms with Crippen molar-refractivity contribution in [3.8, 4) is 11.1 Å². The summed E-state index contributed by atoms with van der Waals surface area (Å²) in [5.41, 5.74) is 9.24. The van der Waals surface area contributed by atoms with Gasteiger partial charge in [-0.15, -0.1) is 0 Å². The Labute approximate surface area is 175 Å². The van der Waals surface area contributed by atoms with E-state index in [4.69, 9.17) is 5.73 Å². The van der Waals surface area contributed by atoms with Gasteiger partial charge >= 0.3 is 0 Å². The largest absolute Gasteiger partial charge is 0.330 e. The number of rotatable bonds is 4. The number of aryl methyl sites for hydroxylation is 1. The predicted octanol–water partition coefficient (Wildman–Crippen LogP) is 7.45. The highest BCUT2D eigenvalue weighted by atomic mass is 79.9. The summed E-state index contributed by atoms with van der Waals surface area (Å²) in [5, 5.41) is 2.41. The number of halogens is 4. The predicted molar refractivity (Wildman–Crippen MR) is 118 cm³/mol. The molecule has 0 aliphatic carbocycles. The quantitative estimate of drug-likeness (QED) is 0.343. The highest BCUT2D eigenvalue weighted by molar-refractivity contribution is 9.11. The third-order valence-electron chi connectivity index (χ3n) is 3.97. The van der Waals surface area contributed by atoms with E-state index in [0.29, 0.717) is 0 Å². The van der Waals surface area contributed by atoms with Gasteiger partial charge in [0, 0.05) is 17.9 Å². The van der Waals surface area contributed by atoms with Gasteiger partial charge < -0.3 is 5.73 Å². The SMILES string of the molecule is NCCCc1ccc2c(Br)c(-c3cc(Br)ccc3Br)cc(Br)c2c1. The second-order valence-electron chi connectivity index (χ2n) is 5.62. The summed E-state index contributed by atoms with van der Waals surface area (Å²) < 4.78 is 4.32. The molecule has 0 atom stereocenters. The van der Waals surface area contributed by atoms with E-state index in [1.54, 1.807) is 0 Å². The van der Waals surface area contributed by atoms with Crippen molar-refractivity contribution in [2.45, 2.75) is 12.8 Å². The van der Waals surface area contributed by atoms with Gasteiger partial charge in [-0.1, -0.05) is 59.9 Å². The zero-order valence-electron chi connectivity index (χ0n) is 12.8. The molecule has 0 radical (unpaired) electrons. The molecule has 5 heteroatoms. The minimum Gasteiger partial charge on any atom is -0.330 e. The van der Waals surface area contributed by atoms with Crippen molar-refractivity contribution in [3.63, 3.8) is 0 Å². The van der Waals surface area contributed by atoms with Crippen molar-refractivity contribution in [3.05, 3.63) is 65.9 Å². The van der Waals surface area contributed by atoms with Crippen molar-refractivity contribution < 1.29 is 0 Å². The van der Waals surface area contributed by atoms with E-state index in [-0.39, 0.29) is 0 Å². The monoisotopic (exact) mass is 573 g/mol. The molecule has 0 spiro atoms. The molecule has 3 aromatic rings. The summed E-state index contributed by atoms with van der Waals surface area (Å²) in [5.74, 6) is 0. The van der Waals surface area contributed by atoms with Crippen LogP contribution in [-0.2, 0) is 6.42 Å². The van der Waals surface area contributed by atoms with Gasteiger partial charge in [-0.3, -0.25) is 0 Å². The number of hydrogen-bond acceptors (Lipinski definition) is 1. The fourth-order valence-corrected chi connectivity index (χ4v) is 4.81. The van der Waals surface area contributed by atoms with Crippen LogP contribution in [0.3, 0.4) is 0 Å². The van der Waals surface area contributed by atoms with Gasteiger partial charge in [-0.2, -0.15) is 0 Å². The molecule has 1 nitrogen and oxygen atoms in total. The minimum absolute atomic E-state index is 0.721. The van der Waals surface area contributed by atoms with Crippen molar-refractivity contribution >= 4 is 74.5 Å². The van der Waals surface area contributed by atoms with Crippen LogP contribution in [0, 0.1) is 0 Å². The molecule has 0 heterocycles. The number of benzene rings is 3. The highest BCUT2D eigenvalue weighted by Crippen LogP contribution is 2.42. The van der Waals surface area contributed by atoms with E-state index < -0.39 is 0 Å². The maximum Gasteiger partial charge on any atom is 0.0333 e. The second-order valence-corrected chi connectivity index (χ2v) is 9.03. The Hall–Kier alpha value is -0.200. The third kappa shape index (κ3) is 3.80. The fraction of sp³-hybridized carbons (Fsp3) is 0.158. The van der Waals surface area contributed by atoms with Crippen molar-refractivity contribution in [2.24, 2.45) is 5.73 Å². The minimum atomic E-state index is 0.721. The zero-order chi connectivity index (χ0) is 17.3. The molecule has 0 fully saturated rings. The van der Waals surface area contributed by atoms with Crippen LogP contribution in [0.1, 0.15) is 12.0 Å². The molecule has 0 saturated carbocycles. The van der Waals surface area contributed by atoms with Crippen LogP contribution < -0.4 is 5.73 Å². The van der Waals surface area contributed by atoms with Crippen LogP contribution >= 0.6 is 63.7 Å². The molecule has 0 unspecified atom stereocenters. The van der Waals surface area contributed by atoms with E-state index in [1.165, 1.54) is 16.3 Å². The van der Waals surface area contributed by atoms with Crippen LogP contribution in [-0.4, -0.2) is 6.54 Å². The Bertz CT molecular complexity index is 905. The van der Waals surface area contributed by atoms with Crippen LogP contribution in [0.15, 0.2) is 60.4 Å². The summed E-state index contributed by atoms with van der Waals surface area (Å²) in [4.78, 5) is 0. The van der Waals surface area contributed by atoms with Crippen LogP contribution in [0.2, 0.25) is 0 Å². The van der Waals surface area contributed by atoms with E-state index >= 15 is 0 Å². The Balaban J connectivity index is 2.18. The molecule has 0 aliphatic rings. The van der Waals surface area contributed by atoms with Gasteiger partial charge in [-0.05, 0) is 93.1 Å². The van der Waals surface area contributed by atoms with Crippen molar-refractivity contribution in [1.29, 1.82) is 0 Å². The van der Waals surface area contributed by atoms with Crippen LogP contribution in [0.5, 0.6) is 0 Å². The fourth-order valence-electron chi connectivity index (χ4n) is 2.75. The summed E-state index contributed by atoms with van der Waals surface area (Å²) >= 11 is 14.8. The Kier molecular flexibility index (Phi) is 6.20. The molecule has 3 aromatic carbocycles. The molecule has 0 bridgehead atoms. The maximum atomic E-state index is 5.63. The Morgan fingerprint density at radius 3 is 2.29 bits per heavy atom. The Morgan fingerprint density at radius 1 is 0.750 bits per heavy atom. The molecular weight excluding hydrogens is 562 g/mol. The van der Waals surface area contributed by atoms with Gasteiger partial charge in [0.05, 0.1) is 0 Å².